The van der Waals surface area contributed by atoms with Gasteiger partial charge >= 0.3 is 0 Å². The lowest BCUT2D eigenvalue weighted by molar-refractivity contribution is -0.140. The Morgan fingerprint density at radius 3 is 2.63 bits per heavy atom. The van der Waals surface area contributed by atoms with Gasteiger partial charge in [0.05, 0.1) is 12.5 Å². The number of imide groups is 1. The Morgan fingerprint density at radius 2 is 2.00 bits per heavy atom. The predicted molar refractivity (Wildman–Crippen MR) is 72.5 cm³/mol. The topological polar surface area (TPSA) is 55.4 Å². The van der Waals surface area contributed by atoms with E-state index >= 15 is 0 Å². The minimum absolute atomic E-state index is 0.191. The molecule has 2 aliphatic heterocycles. The zero-order chi connectivity index (χ0) is 13.5. The number of carbonyl (C=O) groups is 2. The smallest absolute Gasteiger partial charge is 0.234 e. The Kier molecular flexibility index (Phi) is 3.19. The molecule has 0 aromatic heterocycles. The van der Waals surface area contributed by atoms with Crippen LogP contribution in [0.2, 0.25) is 0 Å². The number of hydrogen-bond donors (Lipinski definition) is 1. The summed E-state index contributed by atoms with van der Waals surface area (Å²) in [6.07, 6.45) is 1.12. The fourth-order valence-electron chi connectivity index (χ4n) is 3.10. The highest BCUT2D eigenvalue weighted by atomic mass is 79.9. The third-order valence-corrected chi connectivity index (χ3v) is 4.52. The van der Waals surface area contributed by atoms with Crippen molar-refractivity contribution in [1.29, 1.82) is 0 Å². The molecule has 2 aliphatic rings. The second-order valence-corrected chi connectivity index (χ2v) is 6.15. The molecule has 2 atom stereocenters. The SMILES string of the molecule is O=C1CC2(CCOC2)C(c2ccc(Br)cc2)C(=O)N1. The molecule has 2 heterocycles. The Balaban J connectivity index is 2.02. The highest BCUT2D eigenvalue weighted by molar-refractivity contribution is 9.10. The summed E-state index contributed by atoms with van der Waals surface area (Å²) in [5, 5.41) is 2.45. The minimum atomic E-state index is -0.368. The van der Waals surface area contributed by atoms with Crippen molar-refractivity contribution >= 4 is 27.7 Å². The van der Waals surface area contributed by atoms with Crippen LogP contribution in [0.15, 0.2) is 28.7 Å². The van der Waals surface area contributed by atoms with Crippen LogP contribution in [0, 0.1) is 5.41 Å². The monoisotopic (exact) mass is 323 g/mol. The molecule has 5 heteroatoms. The van der Waals surface area contributed by atoms with Gasteiger partial charge in [0.1, 0.15) is 0 Å². The maximum absolute atomic E-state index is 12.3. The molecule has 100 valence electrons. The molecular formula is C14H14BrNO3. The van der Waals surface area contributed by atoms with Crippen LogP contribution in [0.5, 0.6) is 0 Å². The van der Waals surface area contributed by atoms with Crippen molar-refractivity contribution in [1.82, 2.24) is 5.32 Å². The van der Waals surface area contributed by atoms with Gasteiger partial charge in [0.2, 0.25) is 11.8 Å². The lowest BCUT2D eigenvalue weighted by Gasteiger charge is -2.38. The van der Waals surface area contributed by atoms with Gasteiger partial charge in [0.15, 0.2) is 0 Å². The van der Waals surface area contributed by atoms with Gasteiger partial charge < -0.3 is 4.74 Å². The molecule has 2 fully saturated rings. The van der Waals surface area contributed by atoms with Gasteiger partial charge in [-0.15, -0.1) is 0 Å². The van der Waals surface area contributed by atoms with E-state index in [4.69, 9.17) is 4.74 Å². The first-order valence-electron chi connectivity index (χ1n) is 6.28. The van der Waals surface area contributed by atoms with Crippen molar-refractivity contribution in [2.75, 3.05) is 13.2 Å². The van der Waals surface area contributed by atoms with Crippen molar-refractivity contribution in [2.24, 2.45) is 5.41 Å². The molecule has 0 bridgehead atoms. The van der Waals surface area contributed by atoms with Crippen LogP contribution >= 0.6 is 15.9 Å². The normalized spacial score (nSPS) is 30.7. The predicted octanol–water partition coefficient (Wildman–Crippen LogP) is 1.99. The van der Waals surface area contributed by atoms with Gasteiger partial charge in [0.25, 0.3) is 0 Å². The lowest BCUT2D eigenvalue weighted by atomic mass is 9.67. The average molecular weight is 324 g/mol. The fourth-order valence-corrected chi connectivity index (χ4v) is 3.37. The molecule has 2 amide bonds. The number of hydrogen-bond acceptors (Lipinski definition) is 3. The number of piperidine rings is 1. The summed E-state index contributed by atoms with van der Waals surface area (Å²) in [5.74, 6) is -0.700. The molecule has 0 aliphatic carbocycles. The van der Waals surface area contributed by atoms with Gasteiger partial charge in [-0.05, 0) is 24.1 Å². The van der Waals surface area contributed by atoms with E-state index in [1.54, 1.807) is 0 Å². The molecule has 19 heavy (non-hydrogen) atoms. The zero-order valence-electron chi connectivity index (χ0n) is 10.3. The minimum Gasteiger partial charge on any atom is -0.381 e. The van der Waals surface area contributed by atoms with Gasteiger partial charge in [-0.25, -0.2) is 0 Å². The van der Waals surface area contributed by atoms with Crippen LogP contribution < -0.4 is 5.32 Å². The summed E-state index contributed by atoms with van der Waals surface area (Å²) in [5.41, 5.74) is 0.575. The highest BCUT2D eigenvalue weighted by Crippen LogP contribution is 2.47. The van der Waals surface area contributed by atoms with E-state index in [9.17, 15) is 9.59 Å². The first kappa shape index (κ1) is 12.8. The summed E-state index contributed by atoms with van der Waals surface area (Å²) in [6, 6.07) is 7.71. The second kappa shape index (κ2) is 4.72. The quantitative estimate of drug-likeness (QED) is 0.804. The molecule has 1 aromatic carbocycles. The third-order valence-electron chi connectivity index (χ3n) is 3.99. The lowest BCUT2D eigenvalue weighted by Crippen LogP contribution is -2.51. The third kappa shape index (κ3) is 2.21. The van der Waals surface area contributed by atoms with E-state index in [2.05, 4.69) is 21.2 Å². The molecule has 4 nitrogen and oxygen atoms in total. The molecular weight excluding hydrogens is 310 g/mol. The Morgan fingerprint density at radius 1 is 1.26 bits per heavy atom. The van der Waals surface area contributed by atoms with E-state index in [0.717, 1.165) is 16.5 Å². The summed E-state index contributed by atoms with van der Waals surface area (Å²) in [7, 11) is 0. The van der Waals surface area contributed by atoms with Crippen molar-refractivity contribution in [3.05, 3.63) is 34.3 Å². The number of carbonyl (C=O) groups excluding carboxylic acids is 2. The maximum atomic E-state index is 12.3. The van der Waals surface area contributed by atoms with Crippen LogP contribution in [-0.2, 0) is 14.3 Å². The molecule has 0 saturated carbocycles. The number of ether oxygens (including phenoxy) is 1. The van der Waals surface area contributed by atoms with E-state index < -0.39 is 0 Å². The number of nitrogens with one attached hydrogen (secondary N) is 1. The van der Waals surface area contributed by atoms with Gasteiger partial charge in [-0.3, -0.25) is 14.9 Å². The molecule has 1 spiro atoms. The standard InChI is InChI=1S/C14H14BrNO3/c15-10-3-1-9(2-4-10)12-13(18)16-11(17)7-14(12)5-6-19-8-14/h1-4,12H,5-8H2,(H,16,17,18). The maximum Gasteiger partial charge on any atom is 0.234 e. The Bertz CT molecular complexity index is 520. The summed E-state index contributed by atoms with van der Waals surface area (Å²) >= 11 is 3.39. The Hall–Kier alpha value is -1.20. The second-order valence-electron chi connectivity index (χ2n) is 5.24. The number of rotatable bonds is 1. The molecule has 2 saturated heterocycles. The molecule has 1 aromatic rings. The van der Waals surface area contributed by atoms with E-state index in [0.29, 0.717) is 19.6 Å². The van der Waals surface area contributed by atoms with E-state index in [1.165, 1.54) is 0 Å². The average Bonchev–Trinajstić information content (AvgIpc) is 2.79. The number of benzene rings is 1. The highest BCUT2D eigenvalue weighted by Gasteiger charge is 2.51. The number of amides is 2. The van der Waals surface area contributed by atoms with E-state index in [1.807, 2.05) is 24.3 Å². The zero-order valence-corrected chi connectivity index (χ0v) is 11.9. The number of halogens is 1. The van der Waals surface area contributed by atoms with Crippen molar-refractivity contribution in [3.63, 3.8) is 0 Å². The van der Waals surface area contributed by atoms with Crippen LogP contribution in [0.25, 0.3) is 0 Å². The molecule has 1 N–H and O–H groups in total. The van der Waals surface area contributed by atoms with Crippen LogP contribution in [0.3, 0.4) is 0 Å². The van der Waals surface area contributed by atoms with Gasteiger partial charge in [-0.1, -0.05) is 28.1 Å². The van der Waals surface area contributed by atoms with Crippen molar-refractivity contribution in [2.45, 2.75) is 18.8 Å². The Labute approximate surface area is 119 Å². The molecule has 2 unspecified atom stereocenters. The first-order chi connectivity index (χ1) is 9.11. The van der Waals surface area contributed by atoms with Crippen LogP contribution in [0.4, 0.5) is 0 Å². The van der Waals surface area contributed by atoms with Crippen LogP contribution in [-0.4, -0.2) is 25.0 Å². The fraction of sp³-hybridized carbons (Fsp3) is 0.429. The van der Waals surface area contributed by atoms with Crippen LogP contribution in [0.1, 0.15) is 24.3 Å². The molecule has 3 rings (SSSR count). The van der Waals surface area contributed by atoms with Gasteiger partial charge in [-0.2, -0.15) is 0 Å². The first-order valence-corrected chi connectivity index (χ1v) is 7.07. The summed E-state index contributed by atoms with van der Waals surface area (Å²) in [6.45, 7) is 1.10. The summed E-state index contributed by atoms with van der Waals surface area (Å²) in [4.78, 5) is 23.9. The van der Waals surface area contributed by atoms with E-state index in [-0.39, 0.29) is 23.1 Å². The summed E-state index contributed by atoms with van der Waals surface area (Å²) < 4.78 is 6.44. The van der Waals surface area contributed by atoms with Crippen molar-refractivity contribution < 1.29 is 14.3 Å². The van der Waals surface area contributed by atoms with Gasteiger partial charge in [0, 0.05) is 22.9 Å². The molecule has 0 radical (unpaired) electrons. The van der Waals surface area contributed by atoms with Crippen molar-refractivity contribution in [3.8, 4) is 0 Å². The largest absolute Gasteiger partial charge is 0.381 e.